The smallest absolute Gasteiger partial charge is 0.457 e. The molecule has 0 aromatic heterocycles. The van der Waals surface area contributed by atoms with Crippen LogP contribution in [0, 0.1) is 0 Å². The van der Waals surface area contributed by atoms with Crippen LogP contribution < -0.4 is 5.73 Å². The number of hydrogen-bond donors (Lipinski definition) is 2. The molecule has 0 aliphatic carbocycles. The van der Waals surface area contributed by atoms with Gasteiger partial charge in [0, 0.05) is 19.6 Å². The van der Waals surface area contributed by atoms with Crippen molar-refractivity contribution in [2.45, 2.75) is 328 Å². The first kappa shape index (κ1) is 65.5. The first-order valence-corrected chi connectivity index (χ1v) is 31.0. The Bertz CT molecular complexity index is 986. The van der Waals surface area contributed by atoms with Gasteiger partial charge in [-0.3, -0.25) is 13.8 Å². The van der Waals surface area contributed by atoms with Gasteiger partial charge in [-0.25, -0.2) is 4.57 Å². The third-order valence-electron chi connectivity index (χ3n) is 13.5. The molecule has 0 bridgehead atoms. The summed E-state index contributed by atoms with van der Waals surface area (Å²) in [6.45, 7) is 5.02. The van der Waals surface area contributed by atoms with E-state index in [1.807, 2.05) is 0 Å². The lowest BCUT2D eigenvalue weighted by Gasteiger charge is -2.20. The minimum Gasteiger partial charge on any atom is -0.457 e. The van der Waals surface area contributed by atoms with E-state index in [9.17, 15) is 14.3 Å². The Morgan fingerprint density at radius 2 is 0.667 bits per heavy atom. The number of unbranched alkanes of at least 4 members (excludes halogenated alkanes) is 45. The summed E-state index contributed by atoms with van der Waals surface area (Å²) in [4.78, 5) is 22.6. The molecule has 0 radical (unpaired) electrons. The summed E-state index contributed by atoms with van der Waals surface area (Å²) < 4.78 is 33.7. The Kier molecular flexibility index (Phi) is 55.0. The molecule has 9 heteroatoms. The molecule has 8 nitrogen and oxygen atoms in total. The molecule has 0 saturated carbocycles. The lowest BCUT2D eigenvalue weighted by Crippen LogP contribution is -2.28. The fourth-order valence-electron chi connectivity index (χ4n) is 9.18. The van der Waals surface area contributed by atoms with Gasteiger partial charge < -0.3 is 20.1 Å². The molecule has 0 saturated heterocycles. The monoisotopic (exact) mass is 958 g/mol. The van der Waals surface area contributed by atoms with E-state index in [0.29, 0.717) is 13.0 Å². The molecule has 0 aromatic carbocycles. The van der Waals surface area contributed by atoms with E-state index in [-0.39, 0.29) is 32.3 Å². The van der Waals surface area contributed by atoms with Crippen LogP contribution in [0.2, 0.25) is 0 Å². The summed E-state index contributed by atoms with van der Waals surface area (Å²) in [6.07, 6.45) is 63.2. The summed E-state index contributed by atoms with van der Waals surface area (Å²) in [5.41, 5.74) is 5.40. The zero-order valence-electron chi connectivity index (χ0n) is 44.5. The summed E-state index contributed by atoms with van der Waals surface area (Å²) in [7, 11) is -4.28. The van der Waals surface area contributed by atoms with Crippen molar-refractivity contribution < 1.29 is 32.8 Å². The molecule has 0 heterocycles. The third-order valence-corrected chi connectivity index (χ3v) is 14.5. The molecule has 0 spiro atoms. The maximum atomic E-state index is 12.7. The number of ether oxygens (including phenoxy) is 2. The number of hydrogen-bond acceptors (Lipinski definition) is 7. The number of carbonyl (C=O) groups excluding carboxylic acids is 1. The van der Waals surface area contributed by atoms with E-state index < -0.39 is 13.9 Å². The van der Waals surface area contributed by atoms with Crippen molar-refractivity contribution in [3.63, 3.8) is 0 Å². The number of carbonyl (C=O) groups is 1. The van der Waals surface area contributed by atoms with Crippen LogP contribution in [0.3, 0.4) is 0 Å². The Morgan fingerprint density at radius 1 is 0.394 bits per heavy atom. The van der Waals surface area contributed by atoms with E-state index in [2.05, 4.69) is 13.8 Å². The van der Waals surface area contributed by atoms with Gasteiger partial charge in [0.1, 0.15) is 6.10 Å². The normalized spacial score (nSPS) is 13.1. The minimum absolute atomic E-state index is 0.0896. The van der Waals surface area contributed by atoms with Gasteiger partial charge in [-0.1, -0.05) is 303 Å². The van der Waals surface area contributed by atoms with Crippen LogP contribution in [-0.2, 0) is 27.9 Å². The largest absolute Gasteiger partial charge is 0.472 e. The topological polar surface area (TPSA) is 117 Å². The van der Waals surface area contributed by atoms with Crippen LogP contribution in [0.15, 0.2) is 0 Å². The van der Waals surface area contributed by atoms with Crippen LogP contribution in [-0.4, -0.2) is 49.9 Å². The van der Waals surface area contributed by atoms with Gasteiger partial charge in [0.15, 0.2) is 0 Å². The van der Waals surface area contributed by atoms with Crippen molar-refractivity contribution >= 4 is 13.8 Å². The zero-order chi connectivity index (χ0) is 48.0. The molecule has 396 valence electrons. The third kappa shape index (κ3) is 54.4. The molecular weight excluding hydrogens is 842 g/mol. The van der Waals surface area contributed by atoms with Gasteiger partial charge in [-0.2, -0.15) is 0 Å². The molecule has 0 aliphatic heterocycles. The van der Waals surface area contributed by atoms with Gasteiger partial charge in [0.2, 0.25) is 0 Å². The standard InChI is InChI=1S/C57H116NO7P/c1-3-5-7-9-11-13-15-17-19-21-22-23-24-25-26-27-28-29-30-31-32-33-34-35-36-38-40-42-44-46-48-50-57(59)65-56(55-64-66(60,61)63-53-51-58)54-62-52-49-47-45-43-41-39-37-20-18-16-14-12-10-8-6-4-2/h56H,3-55,58H2,1-2H3,(H,60,61)/t56-/m1/s1. The first-order valence-electron chi connectivity index (χ1n) is 29.5. The van der Waals surface area contributed by atoms with E-state index in [4.69, 9.17) is 24.3 Å². The predicted octanol–water partition coefficient (Wildman–Crippen LogP) is 18.8. The summed E-state index contributed by atoms with van der Waals surface area (Å²) in [5.74, 6) is -0.319. The van der Waals surface area contributed by atoms with E-state index >= 15 is 0 Å². The average Bonchev–Trinajstić information content (AvgIpc) is 3.31. The molecule has 0 aliphatic rings. The van der Waals surface area contributed by atoms with Gasteiger partial charge in [0.05, 0.1) is 19.8 Å². The fourth-order valence-corrected chi connectivity index (χ4v) is 9.95. The summed E-state index contributed by atoms with van der Waals surface area (Å²) in [5, 5.41) is 0. The Balaban J connectivity index is 3.73. The first-order chi connectivity index (χ1) is 32.4. The number of esters is 1. The highest BCUT2D eigenvalue weighted by Gasteiger charge is 2.25. The van der Waals surface area contributed by atoms with Crippen molar-refractivity contribution in [2.24, 2.45) is 5.73 Å². The van der Waals surface area contributed by atoms with Crippen molar-refractivity contribution in [1.29, 1.82) is 0 Å². The zero-order valence-corrected chi connectivity index (χ0v) is 45.4. The molecule has 0 amide bonds. The molecule has 2 atom stereocenters. The number of nitrogens with two attached hydrogens (primary N) is 1. The van der Waals surface area contributed by atoms with Crippen molar-refractivity contribution in [2.75, 3.05) is 33.0 Å². The number of phosphoric ester groups is 1. The van der Waals surface area contributed by atoms with Gasteiger partial charge >= 0.3 is 13.8 Å². The summed E-state index contributed by atoms with van der Waals surface area (Å²) >= 11 is 0. The predicted molar refractivity (Wildman–Crippen MR) is 284 cm³/mol. The molecule has 66 heavy (non-hydrogen) atoms. The van der Waals surface area contributed by atoms with Gasteiger partial charge in [-0.15, -0.1) is 0 Å². The molecule has 0 fully saturated rings. The Morgan fingerprint density at radius 3 is 0.955 bits per heavy atom. The van der Waals surface area contributed by atoms with Crippen molar-refractivity contribution in [3.8, 4) is 0 Å². The van der Waals surface area contributed by atoms with Crippen LogP contribution in [0.1, 0.15) is 322 Å². The molecule has 3 N–H and O–H groups in total. The van der Waals surface area contributed by atoms with E-state index in [0.717, 1.165) is 32.1 Å². The van der Waals surface area contributed by atoms with Crippen molar-refractivity contribution in [3.05, 3.63) is 0 Å². The van der Waals surface area contributed by atoms with Crippen LogP contribution >= 0.6 is 7.82 Å². The van der Waals surface area contributed by atoms with Crippen LogP contribution in [0.25, 0.3) is 0 Å². The SMILES string of the molecule is CCCCCCCCCCCCCCCCCCCCCCCCCCCCCCCCCC(=O)O[C@H](COCCCCCCCCCCCCCCCCCC)COP(=O)(O)OCCN. The maximum Gasteiger partial charge on any atom is 0.472 e. The number of rotatable bonds is 58. The fraction of sp³-hybridized carbons (Fsp3) is 0.982. The molecule has 1 unspecified atom stereocenters. The molecular formula is C57H116NO7P. The minimum atomic E-state index is -4.28. The van der Waals surface area contributed by atoms with E-state index in [1.165, 1.54) is 270 Å². The second-order valence-corrected chi connectivity index (χ2v) is 21.7. The molecule has 0 rings (SSSR count). The Labute approximate surface area is 411 Å². The van der Waals surface area contributed by atoms with Crippen LogP contribution in [0.4, 0.5) is 0 Å². The maximum absolute atomic E-state index is 12.7. The van der Waals surface area contributed by atoms with Crippen LogP contribution in [0.5, 0.6) is 0 Å². The Hall–Kier alpha value is -0.500. The quantitative estimate of drug-likeness (QED) is 0.0352. The van der Waals surface area contributed by atoms with E-state index in [1.54, 1.807) is 0 Å². The second kappa shape index (κ2) is 55.4. The molecule has 0 aromatic rings. The summed E-state index contributed by atoms with van der Waals surface area (Å²) in [6, 6.07) is 0. The lowest BCUT2D eigenvalue weighted by molar-refractivity contribution is -0.154. The highest BCUT2D eigenvalue weighted by Crippen LogP contribution is 2.43. The highest BCUT2D eigenvalue weighted by molar-refractivity contribution is 7.47. The highest BCUT2D eigenvalue weighted by atomic mass is 31.2. The lowest BCUT2D eigenvalue weighted by atomic mass is 10.0. The number of phosphoric acid groups is 1. The van der Waals surface area contributed by atoms with Gasteiger partial charge in [0.25, 0.3) is 0 Å². The average molecular weight is 959 g/mol. The van der Waals surface area contributed by atoms with Crippen molar-refractivity contribution in [1.82, 2.24) is 0 Å². The van der Waals surface area contributed by atoms with Gasteiger partial charge in [-0.05, 0) is 12.8 Å². The second-order valence-electron chi connectivity index (χ2n) is 20.2.